The minimum atomic E-state index is -2.92. The van der Waals surface area contributed by atoms with Gasteiger partial charge in [-0.15, -0.1) is 0 Å². The molecule has 1 N–H and O–H groups in total. The van der Waals surface area contributed by atoms with Crippen LogP contribution in [0, 0.1) is 0 Å². The fourth-order valence-corrected chi connectivity index (χ4v) is 2.68. The Bertz CT molecular complexity index is 300. The number of hydrogen-bond acceptors (Lipinski definition) is 3. The zero-order valence-electron chi connectivity index (χ0n) is 8.32. The van der Waals surface area contributed by atoms with Crippen molar-refractivity contribution in [3.05, 3.63) is 0 Å². The standard InChI is InChI=1S/C8H16N2O3S/c1-2-9-8(11)10-4-3-6-14(12,13)7-5-10/h2-7H2,1H3,(H,9,11). The first-order valence-corrected chi connectivity index (χ1v) is 6.60. The third-order valence-corrected chi connectivity index (χ3v) is 3.89. The van der Waals surface area contributed by atoms with E-state index in [0.29, 0.717) is 26.1 Å². The van der Waals surface area contributed by atoms with Gasteiger partial charge in [-0.1, -0.05) is 0 Å². The van der Waals surface area contributed by atoms with E-state index in [1.807, 2.05) is 6.92 Å². The summed E-state index contributed by atoms with van der Waals surface area (Å²) in [6.07, 6.45) is 0.541. The Labute approximate surface area is 84.4 Å². The molecular formula is C8H16N2O3S. The largest absolute Gasteiger partial charge is 0.338 e. The van der Waals surface area contributed by atoms with Crippen molar-refractivity contribution in [3.8, 4) is 0 Å². The molecule has 0 aromatic carbocycles. The van der Waals surface area contributed by atoms with Crippen LogP contribution in [0.25, 0.3) is 0 Å². The second-order valence-corrected chi connectivity index (χ2v) is 5.63. The zero-order valence-corrected chi connectivity index (χ0v) is 9.14. The number of amides is 2. The first kappa shape index (κ1) is 11.3. The molecule has 2 amide bonds. The van der Waals surface area contributed by atoms with E-state index in [9.17, 15) is 13.2 Å². The van der Waals surface area contributed by atoms with Crippen LogP contribution in [0.2, 0.25) is 0 Å². The second-order valence-electron chi connectivity index (χ2n) is 3.33. The molecule has 0 radical (unpaired) electrons. The summed E-state index contributed by atoms with van der Waals surface area (Å²) >= 11 is 0. The number of carbonyl (C=O) groups is 1. The summed E-state index contributed by atoms with van der Waals surface area (Å²) in [6.45, 7) is 3.26. The Morgan fingerprint density at radius 3 is 2.71 bits per heavy atom. The quantitative estimate of drug-likeness (QED) is 0.667. The van der Waals surface area contributed by atoms with E-state index in [2.05, 4.69) is 5.32 Å². The predicted octanol–water partition coefficient (Wildman–Crippen LogP) is -0.164. The van der Waals surface area contributed by atoms with E-state index in [4.69, 9.17) is 0 Å². The summed E-state index contributed by atoms with van der Waals surface area (Å²) in [5.74, 6) is 0.285. The Hall–Kier alpha value is -0.780. The van der Waals surface area contributed by atoms with Gasteiger partial charge in [0.1, 0.15) is 0 Å². The maximum Gasteiger partial charge on any atom is 0.317 e. The SMILES string of the molecule is CCNC(=O)N1CCCS(=O)(=O)CC1. The van der Waals surface area contributed by atoms with Crippen LogP contribution >= 0.6 is 0 Å². The molecule has 14 heavy (non-hydrogen) atoms. The average Bonchev–Trinajstić information content (AvgIpc) is 2.27. The molecule has 1 fully saturated rings. The Kier molecular flexibility index (Phi) is 3.74. The lowest BCUT2D eigenvalue weighted by molar-refractivity contribution is 0.202. The predicted molar refractivity (Wildman–Crippen MR) is 53.9 cm³/mol. The van der Waals surface area contributed by atoms with Crippen molar-refractivity contribution in [2.24, 2.45) is 0 Å². The van der Waals surface area contributed by atoms with Gasteiger partial charge in [0.15, 0.2) is 9.84 Å². The normalized spacial score (nSPS) is 21.4. The van der Waals surface area contributed by atoms with Crippen LogP contribution in [0.4, 0.5) is 4.79 Å². The number of sulfone groups is 1. The van der Waals surface area contributed by atoms with Gasteiger partial charge in [0, 0.05) is 19.6 Å². The molecule has 1 saturated heterocycles. The fraction of sp³-hybridized carbons (Fsp3) is 0.875. The van der Waals surface area contributed by atoms with Gasteiger partial charge < -0.3 is 10.2 Å². The molecule has 0 bridgehead atoms. The molecule has 0 spiro atoms. The highest BCUT2D eigenvalue weighted by Gasteiger charge is 2.21. The van der Waals surface area contributed by atoms with E-state index in [0.717, 1.165) is 0 Å². The van der Waals surface area contributed by atoms with Crippen molar-refractivity contribution in [2.45, 2.75) is 13.3 Å². The van der Waals surface area contributed by atoms with Gasteiger partial charge in [0.2, 0.25) is 0 Å². The summed E-state index contributed by atoms with van der Waals surface area (Å²) in [7, 11) is -2.92. The lowest BCUT2D eigenvalue weighted by Gasteiger charge is -2.19. The maximum atomic E-state index is 11.4. The van der Waals surface area contributed by atoms with Crippen LogP contribution < -0.4 is 5.32 Å². The van der Waals surface area contributed by atoms with Crippen LogP contribution in [0.1, 0.15) is 13.3 Å². The number of carbonyl (C=O) groups excluding carboxylic acids is 1. The Morgan fingerprint density at radius 1 is 1.36 bits per heavy atom. The molecule has 6 heteroatoms. The molecule has 0 atom stereocenters. The molecule has 82 valence electrons. The van der Waals surface area contributed by atoms with Gasteiger partial charge in [-0.05, 0) is 13.3 Å². The molecule has 1 aliphatic heterocycles. The minimum Gasteiger partial charge on any atom is -0.338 e. The summed E-state index contributed by atoms with van der Waals surface area (Å²) in [5.41, 5.74) is 0. The maximum absolute atomic E-state index is 11.4. The first-order chi connectivity index (χ1) is 6.55. The van der Waals surface area contributed by atoms with Crippen molar-refractivity contribution in [1.29, 1.82) is 0 Å². The molecule has 5 nitrogen and oxygen atoms in total. The second kappa shape index (κ2) is 4.63. The van der Waals surface area contributed by atoms with Gasteiger partial charge in [-0.2, -0.15) is 0 Å². The number of urea groups is 1. The average molecular weight is 220 g/mol. The van der Waals surface area contributed by atoms with Gasteiger partial charge in [0.25, 0.3) is 0 Å². The topological polar surface area (TPSA) is 66.5 Å². The summed E-state index contributed by atoms with van der Waals surface area (Å²) < 4.78 is 22.5. The fourth-order valence-electron chi connectivity index (χ4n) is 1.40. The molecule has 0 aliphatic carbocycles. The van der Waals surface area contributed by atoms with E-state index >= 15 is 0 Å². The van der Waals surface area contributed by atoms with Crippen molar-refractivity contribution >= 4 is 15.9 Å². The molecule has 1 aliphatic rings. The smallest absolute Gasteiger partial charge is 0.317 e. The number of rotatable bonds is 1. The molecular weight excluding hydrogens is 204 g/mol. The van der Waals surface area contributed by atoms with Crippen molar-refractivity contribution in [3.63, 3.8) is 0 Å². The van der Waals surface area contributed by atoms with Crippen LogP contribution in [-0.2, 0) is 9.84 Å². The molecule has 0 saturated carbocycles. The Balaban J connectivity index is 2.54. The third-order valence-electron chi connectivity index (χ3n) is 2.17. The summed E-state index contributed by atoms with van der Waals surface area (Å²) in [4.78, 5) is 12.9. The van der Waals surface area contributed by atoms with Crippen molar-refractivity contribution < 1.29 is 13.2 Å². The highest BCUT2D eigenvalue weighted by Crippen LogP contribution is 2.04. The molecule has 1 rings (SSSR count). The van der Waals surface area contributed by atoms with E-state index in [-0.39, 0.29) is 17.5 Å². The third kappa shape index (κ3) is 3.17. The Morgan fingerprint density at radius 2 is 2.07 bits per heavy atom. The summed E-state index contributed by atoms with van der Waals surface area (Å²) in [6, 6.07) is -0.162. The molecule has 0 aromatic rings. The number of nitrogens with one attached hydrogen (secondary N) is 1. The number of hydrogen-bond donors (Lipinski definition) is 1. The monoisotopic (exact) mass is 220 g/mol. The van der Waals surface area contributed by atoms with Crippen LogP contribution in [0.3, 0.4) is 0 Å². The highest BCUT2D eigenvalue weighted by molar-refractivity contribution is 7.91. The molecule has 0 unspecified atom stereocenters. The number of nitrogens with zero attached hydrogens (tertiary/aromatic N) is 1. The van der Waals surface area contributed by atoms with Gasteiger partial charge in [-0.3, -0.25) is 0 Å². The first-order valence-electron chi connectivity index (χ1n) is 4.78. The van der Waals surface area contributed by atoms with E-state index < -0.39 is 9.84 Å². The lowest BCUT2D eigenvalue weighted by atomic mass is 10.4. The van der Waals surface area contributed by atoms with E-state index in [1.54, 1.807) is 4.90 Å². The van der Waals surface area contributed by atoms with E-state index in [1.165, 1.54) is 0 Å². The van der Waals surface area contributed by atoms with Crippen molar-refractivity contribution in [2.75, 3.05) is 31.1 Å². The zero-order chi connectivity index (χ0) is 10.6. The van der Waals surface area contributed by atoms with Gasteiger partial charge in [0.05, 0.1) is 11.5 Å². The highest BCUT2D eigenvalue weighted by atomic mass is 32.2. The minimum absolute atomic E-state index is 0.0874. The van der Waals surface area contributed by atoms with Crippen LogP contribution in [0.5, 0.6) is 0 Å². The van der Waals surface area contributed by atoms with Gasteiger partial charge in [-0.25, -0.2) is 13.2 Å². The molecule has 1 heterocycles. The lowest BCUT2D eigenvalue weighted by Crippen LogP contribution is -2.41. The summed E-state index contributed by atoms with van der Waals surface area (Å²) in [5, 5.41) is 2.66. The molecule has 0 aromatic heterocycles. The van der Waals surface area contributed by atoms with Crippen LogP contribution in [0.15, 0.2) is 0 Å². The van der Waals surface area contributed by atoms with Crippen LogP contribution in [-0.4, -0.2) is 50.5 Å². The van der Waals surface area contributed by atoms with Gasteiger partial charge >= 0.3 is 6.03 Å². The van der Waals surface area contributed by atoms with Crippen molar-refractivity contribution in [1.82, 2.24) is 10.2 Å².